The molecule has 144 valence electrons. The molecule has 1 aromatic carbocycles. The van der Waals surface area contributed by atoms with Crippen LogP contribution in [0.2, 0.25) is 5.02 Å². The zero-order valence-electron chi connectivity index (χ0n) is 16.4. The van der Waals surface area contributed by atoms with Crippen LogP contribution in [0.1, 0.15) is 42.6 Å². The first-order valence-electron chi connectivity index (χ1n) is 9.45. The molecular weight excluding hydrogens is 360 g/mol. The van der Waals surface area contributed by atoms with Gasteiger partial charge in [-0.05, 0) is 56.5 Å². The topological polar surface area (TPSA) is 49.4 Å². The highest BCUT2D eigenvalue weighted by Crippen LogP contribution is 2.31. The van der Waals surface area contributed by atoms with Crippen molar-refractivity contribution in [1.82, 2.24) is 5.32 Å². The SMILES string of the molecule is CC1=CC(=O)C(CCC(=O)c2cc(Cl)cc(N(C)C3CNC3)c2C)C(C)=C1. The predicted molar refractivity (Wildman–Crippen MR) is 111 cm³/mol. The first-order chi connectivity index (χ1) is 12.8. The molecule has 1 N–H and O–H groups in total. The van der Waals surface area contributed by atoms with Gasteiger partial charge in [-0.2, -0.15) is 0 Å². The van der Waals surface area contributed by atoms with Gasteiger partial charge in [-0.15, -0.1) is 0 Å². The summed E-state index contributed by atoms with van der Waals surface area (Å²) in [5, 5.41) is 3.84. The molecule has 0 aromatic heterocycles. The van der Waals surface area contributed by atoms with Crippen molar-refractivity contribution in [2.45, 2.75) is 39.7 Å². The van der Waals surface area contributed by atoms with Crippen LogP contribution in [0.4, 0.5) is 5.69 Å². The van der Waals surface area contributed by atoms with E-state index in [1.54, 1.807) is 12.1 Å². The fraction of sp³-hybridized carbons (Fsp3) is 0.455. The normalized spacial score (nSPS) is 20.0. The lowest BCUT2D eigenvalue weighted by Crippen LogP contribution is -2.56. The summed E-state index contributed by atoms with van der Waals surface area (Å²) < 4.78 is 0. The number of benzene rings is 1. The minimum Gasteiger partial charge on any atom is -0.369 e. The van der Waals surface area contributed by atoms with E-state index >= 15 is 0 Å². The Balaban J connectivity index is 1.76. The number of carbonyl (C=O) groups excluding carboxylic acids is 2. The van der Waals surface area contributed by atoms with Crippen molar-refractivity contribution in [2.24, 2.45) is 5.92 Å². The molecule has 1 aliphatic heterocycles. The van der Waals surface area contributed by atoms with Crippen LogP contribution in [-0.4, -0.2) is 37.7 Å². The van der Waals surface area contributed by atoms with Gasteiger partial charge in [-0.25, -0.2) is 0 Å². The lowest BCUT2D eigenvalue weighted by molar-refractivity contribution is -0.117. The van der Waals surface area contributed by atoms with Crippen LogP contribution < -0.4 is 10.2 Å². The van der Waals surface area contributed by atoms with Crippen LogP contribution in [0.15, 0.2) is 35.4 Å². The summed E-state index contributed by atoms with van der Waals surface area (Å²) >= 11 is 6.32. The molecule has 1 fully saturated rings. The quantitative estimate of drug-likeness (QED) is 0.747. The fourth-order valence-corrected chi connectivity index (χ4v) is 4.11. The molecule has 1 heterocycles. The summed E-state index contributed by atoms with van der Waals surface area (Å²) in [6, 6.07) is 4.11. The first kappa shape index (κ1) is 19.8. The largest absolute Gasteiger partial charge is 0.369 e. The molecule has 1 unspecified atom stereocenters. The number of anilines is 1. The van der Waals surface area contributed by atoms with Crippen molar-refractivity contribution in [3.63, 3.8) is 0 Å². The number of hydrogen-bond acceptors (Lipinski definition) is 4. The minimum atomic E-state index is -0.194. The van der Waals surface area contributed by atoms with Gasteiger partial charge in [0.2, 0.25) is 0 Å². The van der Waals surface area contributed by atoms with Gasteiger partial charge in [0.05, 0.1) is 6.04 Å². The maximum Gasteiger partial charge on any atom is 0.163 e. The minimum absolute atomic E-state index is 0.0447. The fourth-order valence-electron chi connectivity index (χ4n) is 3.90. The molecule has 2 aliphatic rings. The van der Waals surface area contributed by atoms with Gasteiger partial charge >= 0.3 is 0 Å². The molecule has 0 amide bonds. The monoisotopic (exact) mass is 386 g/mol. The number of nitrogens with zero attached hydrogens (tertiary/aromatic N) is 1. The van der Waals surface area contributed by atoms with Gasteiger partial charge < -0.3 is 10.2 Å². The number of likely N-dealkylation sites (N-methyl/N-ethyl adjacent to an activating group) is 1. The van der Waals surface area contributed by atoms with Gasteiger partial charge in [-0.3, -0.25) is 9.59 Å². The predicted octanol–water partition coefficient (Wildman–Crippen LogP) is 4.11. The van der Waals surface area contributed by atoms with E-state index < -0.39 is 0 Å². The molecule has 3 rings (SSSR count). The highest BCUT2D eigenvalue weighted by molar-refractivity contribution is 6.31. The average molecular weight is 387 g/mol. The number of ketones is 2. The molecule has 4 nitrogen and oxygen atoms in total. The van der Waals surface area contributed by atoms with Crippen molar-refractivity contribution in [1.29, 1.82) is 0 Å². The lowest BCUT2D eigenvalue weighted by Gasteiger charge is -2.38. The van der Waals surface area contributed by atoms with E-state index in [0.29, 0.717) is 29.5 Å². The van der Waals surface area contributed by atoms with E-state index in [0.717, 1.165) is 35.5 Å². The molecule has 0 bridgehead atoms. The molecule has 1 aliphatic carbocycles. The van der Waals surface area contributed by atoms with E-state index in [1.807, 2.05) is 40.0 Å². The van der Waals surface area contributed by atoms with Crippen molar-refractivity contribution in [2.75, 3.05) is 25.0 Å². The van der Waals surface area contributed by atoms with Crippen LogP contribution in [0.5, 0.6) is 0 Å². The van der Waals surface area contributed by atoms with Crippen molar-refractivity contribution in [3.05, 3.63) is 51.6 Å². The van der Waals surface area contributed by atoms with E-state index in [-0.39, 0.29) is 17.5 Å². The standard InChI is InChI=1S/C22H27ClN2O2/c1-13-7-14(2)18(22(27)8-13)5-6-21(26)19-9-16(23)10-20(15(19)3)25(4)17-11-24-12-17/h7-10,17-18,24H,5-6,11-12H2,1-4H3. The molecule has 27 heavy (non-hydrogen) atoms. The highest BCUT2D eigenvalue weighted by Gasteiger charge is 2.26. The molecule has 0 spiro atoms. The smallest absolute Gasteiger partial charge is 0.163 e. The number of rotatable bonds is 6. The van der Waals surface area contributed by atoms with Crippen LogP contribution in [0.25, 0.3) is 0 Å². The number of halogens is 1. The highest BCUT2D eigenvalue weighted by atomic mass is 35.5. The molecule has 0 radical (unpaired) electrons. The summed E-state index contributed by atoms with van der Waals surface area (Å²) in [5.74, 6) is -0.0513. The molecule has 1 saturated heterocycles. The molecule has 0 saturated carbocycles. The third kappa shape index (κ3) is 4.17. The number of allylic oxidation sites excluding steroid dienone is 4. The third-order valence-electron chi connectivity index (χ3n) is 5.71. The lowest BCUT2D eigenvalue weighted by atomic mass is 9.84. The van der Waals surface area contributed by atoms with Gasteiger partial charge in [0.25, 0.3) is 0 Å². The zero-order valence-corrected chi connectivity index (χ0v) is 17.2. The van der Waals surface area contributed by atoms with Crippen LogP contribution in [0, 0.1) is 12.8 Å². The van der Waals surface area contributed by atoms with Gasteiger partial charge in [0, 0.05) is 48.7 Å². The molecule has 5 heteroatoms. The second kappa shape index (κ2) is 7.99. The van der Waals surface area contributed by atoms with E-state index in [2.05, 4.69) is 10.2 Å². The van der Waals surface area contributed by atoms with E-state index in [4.69, 9.17) is 11.6 Å². The summed E-state index contributed by atoms with van der Waals surface area (Å²) in [6.45, 7) is 7.74. The van der Waals surface area contributed by atoms with Crippen LogP contribution in [0.3, 0.4) is 0 Å². The maximum atomic E-state index is 12.9. The summed E-state index contributed by atoms with van der Waals surface area (Å²) in [5.41, 5.74) is 4.63. The summed E-state index contributed by atoms with van der Waals surface area (Å²) in [4.78, 5) is 27.4. The average Bonchev–Trinajstić information content (AvgIpc) is 2.53. The van der Waals surface area contributed by atoms with Crippen LogP contribution in [-0.2, 0) is 4.79 Å². The Labute approximate surface area is 166 Å². The maximum absolute atomic E-state index is 12.9. The Kier molecular flexibility index (Phi) is 5.87. The Morgan fingerprint density at radius 1 is 1.22 bits per heavy atom. The van der Waals surface area contributed by atoms with Gasteiger partial charge in [-0.1, -0.05) is 23.3 Å². The van der Waals surface area contributed by atoms with Crippen molar-refractivity contribution >= 4 is 28.9 Å². The molecule has 1 atom stereocenters. The Morgan fingerprint density at radius 2 is 1.93 bits per heavy atom. The summed E-state index contributed by atoms with van der Waals surface area (Å²) in [7, 11) is 2.04. The molecular formula is C22H27ClN2O2. The zero-order chi connectivity index (χ0) is 19.7. The third-order valence-corrected chi connectivity index (χ3v) is 5.93. The summed E-state index contributed by atoms with van der Waals surface area (Å²) in [6.07, 6.45) is 4.57. The second-order valence-electron chi connectivity index (χ2n) is 7.71. The van der Waals surface area contributed by atoms with Gasteiger partial charge in [0.1, 0.15) is 0 Å². The number of Topliss-reactive ketones (excluding diaryl/α,β-unsaturated/α-hetero) is 1. The number of carbonyl (C=O) groups is 2. The Bertz CT molecular complexity index is 837. The second-order valence-corrected chi connectivity index (χ2v) is 8.15. The molecule has 1 aromatic rings. The number of nitrogens with one attached hydrogen (secondary N) is 1. The van der Waals surface area contributed by atoms with Crippen molar-refractivity contribution < 1.29 is 9.59 Å². The Hall–Kier alpha value is -1.91. The first-order valence-corrected chi connectivity index (χ1v) is 9.83. The number of hydrogen-bond donors (Lipinski definition) is 1. The Morgan fingerprint density at radius 3 is 2.52 bits per heavy atom. The van der Waals surface area contributed by atoms with E-state index in [9.17, 15) is 9.59 Å². The van der Waals surface area contributed by atoms with Crippen LogP contribution >= 0.6 is 11.6 Å². The van der Waals surface area contributed by atoms with Gasteiger partial charge in [0.15, 0.2) is 11.6 Å². The van der Waals surface area contributed by atoms with Crippen molar-refractivity contribution in [3.8, 4) is 0 Å². The van der Waals surface area contributed by atoms with E-state index in [1.165, 1.54) is 0 Å².